The van der Waals surface area contributed by atoms with Crippen LogP contribution in [0.25, 0.3) is 0 Å². The lowest BCUT2D eigenvalue weighted by Crippen LogP contribution is -2.40. The molecule has 3 rings (SSSR count). The van der Waals surface area contributed by atoms with E-state index in [0.717, 1.165) is 0 Å². The number of nitrogens with one attached hydrogen (secondary N) is 1. The van der Waals surface area contributed by atoms with Crippen LogP contribution in [0.3, 0.4) is 0 Å². The molecule has 1 N–H and O–H groups in total. The fourth-order valence-electron chi connectivity index (χ4n) is 3.18. The summed E-state index contributed by atoms with van der Waals surface area (Å²) in [4.78, 5) is 12.6. The average molecular weight is 464 g/mol. The monoisotopic (exact) mass is 463 g/mol. The Hall–Kier alpha value is -3.15. The van der Waals surface area contributed by atoms with E-state index in [1.165, 1.54) is 56.1 Å². The molecule has 11 heteroatoms. The maximum atomic E-state index is 12.8. The van der Waals surface area contributed by atoms with Crippen LogP contribution >= 0.6 is 0 Å². The maximum Gasteiger partial charge on any atom is 0.271 e. The molecule has 1 aliphatic rings. The Kier molecular flexibility index (Phi) is 7.67. The number of rotatable bonds is 8. The minimum absolute atomic E-state index is 0.0394. The van der Waals surface area contributed by atoms with E-state index >= 15 is 0 Å². The molecule has 0 spiro atoms. The summed E-state index contributed by atoms with van der Waals surface area (Å²) in [7, 11) is 0.767. The second-order valence-corrected chi connectivity index (χ2v) is 8.60. The highest BCUT2D eigenvalue weighted by Gasteiger charge is 2.26. The number of sulfonamides is 1. The van der Waals surface area contributed by atoms with Gasteiger partial charge in [-0.2, -0.15) is 9.41 Å². The van der Waals surface area contributed by atoms with Gasteiger partial charge in [0.05, 0.1) is 45.7 Å². The second kappa shape index (κ2) is 10.4. The van der Waals surface area contributed by atoms with E-state index in [0.29, 0.717) is 36.0 Å². The largest absolute Gasteiger partial charge is 0.493 e. The number of ether oxygens (including phenoxy) is 4. The molecule has 1 saturated heterocycles. The topological polar surface area (TPSA) is 116 Å². The van der Waals surface area contributed by atoms with Crippen molar-refractivity contribution < 1.29 is 32.2 Å². The molecular weight excluding hydrogens is 438 g/mol. The summed E-state index contributed by atoms with van der Waals surface area (Å²) >= 11 is 0. The number of benzene rings is 2. The minimum Gasteiger partial charge on any atom is -0.493 e. The van der Waals surface area contributed by atoms with Crippen LogP contribution in [-0.4, -0.2) is 72.5 Å². The lowest BCUT2D eigenvalue weighted by atomic mass is 10.2. The van der Waals surface area contributed by atoms with Crippen LogP contribution < -0.4 is 19.6 Å². The van der Waals surface area contributed by atoms with E-state index in [9.17, 15) is 13.2 Å². The van der Waals surface area contributed by atoms with Crippen molar-refractivity contribution in [2.24, 2.45) is 5.10 Å². The molecule has 32 heavy (non-hydrogen) atoms. The summed E-state index contributed by atoms with van der Waals surface area (Å²) in [6.45, 7) is 1.23. The molecule has 1 amide bonds. The van der Waals surface area contributed by atoms with Crippen molar-refractivity contribution in [1.82, 2.24) is 9.73 Å². The lowest BCUT2D eigenvalue weighted by Gasteiger charge is -2.26. The van der Waals surface area contributed by atoms with Crippen molar-refractivity contribution in [2.45, 2.75) is 4.90 Å². The summed E-state index contributed by atoms with van der Waals surface area (Å²) in [6, 6.07) is 9.20. The summed E-state index contributed by atoms with van der Waals surface area (Å²) in [6.07, 6.45) is 1.40. The van der Waals surface area contributed by atoms with Crippen molar-refractivity contribution in [1.29, 1.82) is 0 Å². The first kappa shape index (κ1) is 23.5. The van der Waals surface area contributed by atoms with E-state index in [1.807, 2.05) is 0 Å². The molecule has 1 aliphatic heterocycles. The van der Waals surface area contributed by atoms with Gasteiger partial charge in [-0.25, -0.2) is 13.8 Å². The van der Waals surface area contributed by atoms with E-state index in [2.05, 4.69) is 10.5 Å². The quantitative estimate of drug-likeness (QED) is 0.466. The van der Waals surface area contributed by atoms with Crippen molar-refractivity contribution in [3.63, 3.8) is 0 Å². The van der Waals surface area contributed by atoms with Crippen molar-refractivity contribution in [2.75, 3.05) is 47.6 Å². The predicted molar refractivity (Wildman–Crippen MR) is 117 cm³/mol. The molecular formula is C21H25N3O7S. The Morgan fingerprint density at radius 1 is 1.06 bits per heavy atom. The Morgan fingerprint density at radius 3 is 2.44 bits per heavy atom. The molecule has 0 radical (unpaired) electrons. The van der Waals surface area contributed by atoms with Crippen LogP contribution in [0.1, 0.15) is 15.9 Å². The number of hydrazone groups is 1. The van der Waals surface area contributed by atoms with Crippen molar-refractivity contribution in [3.8, 4) is 17.2 Å². The number of morpholine rings is 1. The SMILES string of the molecule is COc1ccc(C=NNC(=O)c2cccc(S(=O)(=O)N3CCOCC3)c2)c(OC)c1OC. The zero-order valence-corrected chi connectivity index (χ0v) is 18.8. The van der Waals surface area contributed by atoms with Gasteiger partial charge in [0.25, 0.3) is 5.91 Å². The van der Waals surface area contributed by atoms with Gasteiger partial charge in [-0.3, -0.25) is 4.79 Å². The molecule has 10 nitrogen and oxygen atoms in total. The highest BCUT2D eigenvalue weighted by atomic mass is 32.2. The van der Waals surface area contributed by atoms with Gasteiger partial charge in [-0.05, 0) is 30.3 Å². The van der Waals surface area contributed by atoms with Crippen LogP contribution in [0.5, 0.6) is 17.2 Å². The fourth-order valence-corrected chi connectivity index (χ4v) is 4.64. The van der Waals surface area contributed by atoms with Gasteiger partial charge >= 0.3 is 0 Å². The highest BCUT2D eigenvalue weighted by Crippen LogP contribution is 2.38. The van der Waals surface area contributed by atoms with Crippen LogP contribution in [0.2, 0.25) is 0 Å². The van der Waals surface area contributed by atoms with Gasteiger partial charge in [0.2, 0.25) is 15.8 Å². The molecule has 0 saturated carbocycles. The van der Waals surface area contributed by atoms with Gasteiger partial charge in [-0.1, -0.05) is 6.07 Å². The summed E-state index contributed by atoms with van der Waals surface area (Å²) in [5.74, 6) is 0.721. The highest BCUT2D eigenvalue weighted by molar-refractivity contribution is 7.89. The number of amides is 1. The molecule has 0 unspecified atom stereocenters. The normalized spacial score (nSPS) is 14.8. The number of hydrogen-bond donors (Lipinski definition) is 1. The Morgan fingerprint density at radius 2 is 1.78 bits per heavy atom. The standard InChI is InChI=1S/C21H25N3O7S/c1-28-18-8-7-16(19(29-2)20(18)30-3)14-22-23-21(25)15-5-4-6-17(13-15)32(26,27)24-9-11-31-12-10-24/h4-8,13-14H,9-12H2,1-3H3,(H,23,25). The molecule has 1 heterocycles. The summed E-state index contributed by atoms with van der Waals surface area (Å²) in [5.41, 5.74) is 3.11. The van der Waals surface area contributed by atoms with Crippen LogP contribution in [-0.2, 0) is 14.8 Å². The molecule has 0 atom stereocenters. The van der Waals surface area contributed by atoms with Gasteiger partial charge in [0.1, 0.15) is 0 Å². The first-order valence-electron chi connectivity index (χ1n) is 9.72. The molecule has 0 aliphatic carbocycles. The molecule has 2 aromatic carbocycles. The third-order valence-electron chi connectivity index (χ3n) is 4.81. The van der Waals surface area contributed by atoms with Crippen molar-refractivity contribution in [3.05, 3.63) is 47.5 Å². The molecule has 0 aromatic heterocycles. The van der Waals surface area contributed by atoms with Crippen LogP contribution in [0, 0.1) is 0 Å². The summed E-state index contributed by atoms with van der Waals surface area (Å²) in [5, 5.41) is 3.96. The van der Waals surface area contributed by atoms with Crippen LogP contribution in [0.15, 0.2) is 46.4 Å². The maximum absolute atomic E-state index is 12.8. The fraction of sp³-hybridized carbons (Fsp3) is 0.333. The van der Waals surface area contributed by atoms with Gasteiger partial charge in [0, 0.05) is 24.2 Å². The van der Waals surface area contributed by atoms with Gasteiger partial charge < -0.3 is 18.9 Å². The average Bonchev–Trinajstić information content (AvgIpc) is 2.84. The first-order chi connectivity index (χ1) is 15.4. The number of hydrogen-bond acceptors (Lipinski definition) is 8. The number of methoxy groups -OCH3 is 3. The molecule has 1 fully saturated rings. The second-order valence-electron chi connectivity index (χ2n) is 6.67. The van der Waals surface area contributed by atoms with Gasteiger partial charge in [0.15, 0.2) is 11.5 Å². The third kappa shape index (κ3) is 5.01. The zero-order valence-electron chi connectivity index (χ0n) is 18.0. The molecule has 2 aromatic rings. The van der Waals surface area contributed by atoms with E-state index in [-0.39, 0.29) is 23.5 Å². The van der Waals surface area contributed by atoms with E-state index in [4.69, 9.17) is 18.9 Å². The molecule has 172 valence electrons. The zero-order chi connectivity index (χ0) is 23.1. The molecule has 0 bridgehead atoms. The Labute approximate surface area is 186 Å². The smallest absolute Gasteiger partial charge is 0.271 e. The summed E-state index contributed by atoms with van der Waals surface area (Å²) < 4.78 is 48.1. The predicted octanol–water partition coefficient (Wildman–Crippen LogP) is 1.50. The van der Waals surface area contributed by atoms with E-state index < -0.39 is 15.9 Å². The Bertz CT molecular complexity index is 1100. The van der Waals surface area contributed by atoms with E-state index in [1.54, 1.807) is 12.1 Å². The van der Waals surface area contributed by atoms with Crippen LogP contribution in [0.4, 0.5) is 0 Å². The first-order valence-corrected chi connectivity index (χ1v) is 11.2. The minimum atomic E-state index is -3.71. The third-order valence-corrected chi connectivity index (χ3v) is 6.70. The van der Waals surface area contributed by atoms with Crippen molar-refractivity contribution >= 4 is 22.1 Å². The van der Waals surface area contributed by atoms with Gasteiger partial charge in [-0.15, -0.1) is 0 Å². The Balaban J connectivity index is 1.76. The lowest BCUT2D eigenvalue weighted by molar-refractivity contribution is 0.0730. The number of nitrogens with zero attached hydrogens (tertiary/aromatic N) is 2. The number of carbonyl (C=O) groups excluding carboxylic acids is 1. The number of carbonyl (C=O) groups is 1.